The van der Waals surface area contributed by atoms with E-state index >= 15 is 0 Å². The van der Waals surface area contributed by atoms with Crippen molar-refractivity contribution in [2.75, 3.05) is 77.4 Å². The number of alkyl halides is 3. The summed E-state index contributed by atoms with van der Waals surface area (Å²) in [5.74, 6) is -1.72. The Kier molecular flexibility index (Phi) is 11.8. The zero-order valence-corrected chi connectivity index (χ0v) is 34.6. The number of carboxylic acid groups (broad SMARTS) is 1. The molecule has 3 aliphatic heterocycles. The van der Waals surface area contributed by atoms with Crippen LogP contribution in [0.2, 0.25) is 5.02 Å². The van der Waals surface area contributed by atoms with Gasteiger partial charge in [-0.2, -0.15) is 18.3 Å². The molecule has 4 aromatic heterocycles. The van der Waals surface area contributed by atoms with Crippen molar-refractivity contribution in [1.29, 1.82) is 0 Å². The summed E-state index contributed by atoms with van der Waals surface area (Å²) < 4.78 is 47.6. The highest BCUT2D eigenvalue weighted by atomic mass is 35.5. The minimum Gasteiger partial charge on any atom is -0.477 e. The molecule has 0 unspecified atom stereocenters. The highest BCUT2D eigenvalue weighted by Gasteiger charge is 2.43. The maximum absolute atomic E-state index is 14.4. The Morgan fingerprint density at radius 1 is 1.00 bits per heavy atom. The second-order valence-electron chi connectivity index (χ2n) is 16.3. The van der Waals surface area contributed by atoms with E-state index in [9.17, 15) is 42.6 Å². The second-order valence-corrected chi connectivity index (χ2v) is 16.7. The lowest BCUT2D eigenvalue weighted by molar-refractivity contribution is -0.929. The van der Waals surface area contributed by atoms with Gasteiger partial charge in [0.2, 0.25) is 5.91 Å². The number of benzene rings is 1. The van der Waals surface area contributed by atoms with Crippen LogP contribution in [-0.2, 0) is 29.4 Å². The lowest BCUT2D eigenvalue weighted by atomic mass is 9.90. The SMILES string of the molecule is Cn1c(-c2cn(-c3cc4c(ccn4CCO)cn3)nc2C(F)(F)F)cnc1C(=O)Nc1ccc(C(=O)N2CCN(C(=O)C3CC[N+](CC(=O)O)(CC4CNC4)CC3)CC2)c(Cl)c1. The Morgan fingerprint density at radius 2 is 1.73 bits per heavy atom. The molecule has 0 radical (unpaired) electrons. The molecule has 3 fully saturated rings. The Hall–Kier alpha value is -5.83. The molecule has 328 valence electrons. The highest BCUT2D eigenvalue weighted by Crippen LogP contribution is 2.37. The van der Waals surface area contributed by atoms with E-state index in [0.717, 1.165) is 35.9 Å². The molecule has 1 aromatic carbocycles. The number of pyridine rings is 1. The first-order valence-electron chi connectivity index (χ1n) is 20.3. The number of piperidine rings is 1. The Morgan fingerprint density at radius 3 is 2.37 bits per heavy atom. The molecule has 0 atom stereocenters. The van der Waals surface area contributed by atoms with Gasteiger partial charge in [0.25, 0.3) is 11.8 Å². The number of carbonyl (C=O) groups excluding carboxylic acids is 3. The van der Waals surface area contributed by atoms with E-state index < -0.39 is 23.7 Å². The molecule has 8 rings (SSSR count). The molecular weight excluding hydrogens is 835 g/mol. The van der Waals surface area contributed by atoms with Crippen LogP contribution in [0, 0.1) is 11.8 Å². The van der Waals surface area contributed by atoms with Gasteiger partial charge in [0.1, 0.15) is 0 Å². The molecule has 7 heterocycles. The van der Waals surface area contributed by atoms with Gasteiger partial charge in [0.15, 0.2) is 23.9 Å². The molecule has 5 aromatic rings. The van der Waals surface area contributed by atoms with Gasteiger partial charge in [-0.25, -0.2) is 19.4 Å². The van der Waals surface area contributed by atoms with Crippen molar-refractivity contribution in [2.24, 2.45) is 18.9 Å². The molecular formula is C41H46ClF3N11O6+. The number of nitrogens with zero attached hydrogens (tertiary/aromatic N) is 9. The fourth-order valence-corrected chi connectivity index (χ4v) is 9.11. The van der Waals surface area contributed by atoms with Crippen LogP contribution in [0.25, 0.3) is 28.0 Å². The average Bonchev–Trinajstić information content (AvgIpc) is 3.96. The summed E-state index contributed by atoms with van der Waals surface area (Å²) in [5, 5.41) is 29.5. The van der Waals surface area contributed by atoms with Crippen molar-refractivity contribution in [1.82, 2.24) is 44.0 Å². The van der Waals surface area contributed by atoms with Crippen molar-refractivity contribution >= 4 is 51.9 Å². The van der Waals surface area contributed by atoms with Crippen molar-refractivity contribution < 1.29 is 47.0 Å². The van der Waals surface area contributed by atoms with E-state index in [1.807, 2.05) is 0 Å². The lowest BCUT2D eigenvalue weighted by Gasteiger charge is -2.46. The molecule has 17 nitrogen and oxygen atoms in total. The van der Waals surface area contributed by atoms with Crippen LogP contribution in [0.4, 0.5) is 18.9 Å². The number of quaternary nitrogens is 1. The monoisotopic (exact) mass is 880 g/mol. The van der Waals surface area contributed by atoms with E-state index in [1.54, 1.807) is 32.7 Å². The number of hydrogen-bond acceptors (Lipinski definition) is 9. The molecule has 0 bridgehead atoms. The van der Waals surface area contributed by atoms with E-state index in [1.165, 1.54) is 42.2 Å². The molecule has 3 saturated heterocycles. The minimum absolute atomic E-state index is 0.0291. The van der Waals surface area contributed by atoms with Crippen molar-refractivity contribution in [3.8, 4) is 17.1 Å². The number of aromatic nitrogens is 6. The number of carboxylic acids is 1. The second kappa shape index (κ2) is 17.1. The van der Waals surface area contributed by atoms with E-state index in [2.05, 4.69) is 25.7 Å². The van der Waals surface area contributed by atoms with Crippen LogP contribution in [0.15, 0.2) is 55.1 Å². The molecule has 0 saturated carbocycles. The number of imidazole rings is 1. The predicted octanol–water partition coefficient (Wildman–Crippen LogP) is 3.35. The molecule has 4 N–H and O–H groups in total. The van der Waals surface area contributed by atoms with Crippen LogP contribution in [0.5, 0.6) is 0 Å². The zero-order valence-electron chi connectivity index (χ0n) is 33.8. The number of aliphatic hydroxyl groups is 1. The lowest BCUT2D eigenvalue weighted by Crippen LogP contribution is -2.62. The van der Waals surface area contributed by atoms with Crippen LogP contribution in [-0.4, -0.2) is 149 Å². The number of aliphatic carboxylic acids is 1. The third kappa shape index (κ3) is 8.64. The first-order valence-corrected chi connectivity index (χ1v) is 20.7. The van der Waals surface area contributed by atoms with Gasteiger partial charge in [-0.15, -0.1) is 0 Å². The first-order chi connectivity index (χ1) is 29.6. The standard InChI is InChI=1S/C41H45ClF3N11O6/c1-51-33(30-22-55(50-36(30)41(43,44)45)34-17-32-27(20-47-34)4-7-52(32)12-15-57)21-48-37(51)38(60)49-28-2-3-29(31(42)16-28)40(62)54-10-8-53(9-11-54)39(61)26-5-13-56(14-6-26,24-35(58)59)23-25-18-46-19-25/h2-4,7,16-17,20-22,25-26,46,57H,5-6,8-15,18-19,23-24H2,1H3,(H-,49,58,59,60,62)/p+1. The van der Waals surface area contributed by atoms with Gasteiger partial charge >= 0.3 is 12.1 Å². The number of anilines is 1. The summed E-state index contributed by atoms with van der Waals surface area (Å²) in [6, 6.07) is 7.71. The largest absolute Gasteiger partial charge is 0.477 e. The van der Waals surface area contributed by atoms with Crippen LogP contribution >= 0.6 is 11.6 Å². The van der Waals surface area contributed by atoms with Gasteiger partial charge in [0, 0.05) is 113 Å². The molecule has 0 aliphatic carbocycles. The summed E-state index contributed by atoms with van der Waals surface area (Å²) in [7, 11) is 1.40. The number of aliphatic hydroxyl groups excluding tert-OH is 1. The third-order valence-corrected chi connectivity index (χ3v) is 12.6. The van der Waals surface area contributed by atoms with Gasteiger partial charge < -0.3 is 44.3 Å². The number of carbonyl (C=O) groups is 4. The number of fused-ring (bicyclic) bond motifs is 1. The van der Waals surface area contributed by atoms with Gasteiger partial charge in [-0.05, 0) is 24.3 Å². The predicted molar refractivity (Wildman–Crippen MR) is 219 cm³/mol. The third-order valence-electron chi connectivity index (χ3n) is 12.2. The average molecular weight is 881 g/mol. The number of halogens is 4. The van der Waals surface area contributed by atoms with Crippen LogP contribution in [0.3, 0.4) is 0 Å². The van der Waals surface area contributed by atoms with E-state index in [0.29, 0.717) is 68.0 Å². The summed E-state index contributed by atoms with van der Waals surface area (Å²) in [5.41, 5.74) is -0.517. The van der Waals surface area contributed by atoms with Crippen molar-refractivity contribution in [2.45, 2.75) is 25.6 Å². The highest BCUT2D eigenvalue weighted by molar-refractivity contribution is 6.34. The Labute approximate surface area is 358 Å². The molecule has 0 spiro atoms. The summed E-state index contributed by atoms with van der Waals surface area (Å²) in [6.07, 6.45) is 1.93. The number of likely N-dealkylation sites (tertiary alicyclic amines) is 1. The zero-order chi connectivity index (χ0) is 43.9. The van der Waals surface area contributed by atoms with Crippen LogP contribution < -0.4 is 10.6 Å². The van der Waals surface area contributed by atoms with Gasteiger partial charge in [-0.1, -0.05) is 11.6 Å². The number of rotatable bonds is 12. The summed E-state index contributed by atoms with van der Waals surface area (Å²) in [6.45, 7) is 5.35. The number of amides is 3. The van der Waals surface area contributed by atoms with Gasteiger partial charge in [0.05, 0.1) is 59.8 Å². The number of piperazine rings is 1. The first kappa shape index (κ1) is 42.8. The normalized spacial score (nSPS) is 19.7. The molecule has 3 amide bonds. The Bertz CT molecular complexity index is 2520. The summed E-state index contributed by atoms with van der Waals surface area (Å²) in [4.78, 5) is 64.0. The fourth-order valence-electron chi connectivity index (χ4n) is 8.85. The topological polar surface area (TPSA) is 193 Å². The summed E-state index contributed by atoms with van der Waals surface area (Å²) >= 11 is 6.57. The minimum atomic E-state index is -4.86. The van der Waals surface area contributed by atoms with Crippen molar-refractivity contribution in [3.63, 3.8) is 0 Å². The Balaban J connectivity index is 0.893. The molecule has 62 heavy (non-hydrogen) atoms. The van der Waals surface area contributed by atoms with E-state index in [4.69, 9.17) is 11.6 Å². The molecule has 3 aliphatic rings. The molecule has 21 heteroatoms. The smallest absolute Gasteiger partial charge is 0.435 e. The van der Waals surface area contributed by atoms with Crippen molar-refractivity contribution in [3.05, 3.63) is 77.2 Å². The fraction of sp³-hybridized carbons (Fsp3) is 0.439. The van der Waals surface area contributed by atoms with E-state index in [-0.39, 0.29) is 76.6 Å². The van der Waals surface area contributed by atoms with Gasteiger partial charge in [-0.3, -0.25) is 14.4 Å². The number of hydrogen-bond donors (Lipinski definition) is 4. The number of nitrogens with one attached hydrogen (secondary N) is 2. The van der Waals surface area contributed by atoms with Crippen LogP contribution in [0.1, 0.15) is 39.5 Å². The maximum Gasteiger partial charge on any atom is 0.435 e. The maximum atomic E-state index is 14.4. The quantitative estimate of drug-likeness (QED) is 0.135.